The van der Waals surface area contributed by atoms with Gasteiger partial charge in [-0.1, -0.05) is 25.9 Å². The summed E-state index contributed by atoms with van der Waals surface area (Å²) in [6, 6.07) is 0.706. The molecule has 0 saturated carbocycles. The predicted octanol–water partition coefficient (Wildman–Crippen LogP) is 2.01. The van der Waals surface area contributed by atoms with Crippen LogP contribution in [0.1, 0.15) is 43.2 Å². The molecular formula is C15H19N3O4. The molecule has 2 rings (SSSR count). The van der Waals surface area contributed by atoms with Crippen LogP contribution >= 0.6 is 0 Å². The molecule has 0 bridgehead atoms. The lowest BCUT2D eigenvalue weighted by atomic mass is 10.0. The molecule has 2 aromatic heterocycles. The van der Waals surface area contributed by atoms with Crippen LogP contribution in [0.3, 0.4) is 0 Å². The minimum atomic E-state index is -1.05. The fourth-order valence-electron chi connectivity index (χ4n) is 2.19. The number of aryl methyl sites for hydroxylation is 1. The maximum atomic E-state index is 12.2. The molecule has 0 unspecified atom stereocenters. The molecule has 0 aliphatic rings. The zero-order valence-electron chi connectivity index (χ0n) is 12.8. The van der Waals surface area contributed by atoms with Gasteiger partial charge in [0, 0.05) is 6.20 Å². The minimum Gasteiger partial charge on any atom is -0.480 e. The molecule has 7 nitrogen and oxygen atoms in total. The monoisotopic (exact) mass is 305 g/mol. The number of rotatable bonds is 6. The first-order valence-corrected chi connectivity index (χ1v) is 7.20. The number of amides is 1. The molecule has 0 radical (unpaired) electrons. The molecule has 1 amide bonds. The van der Waals surface area contributed by atoms with E-state index in [0.29, 0.717) is 35.2 Å². The van der Waals surface area contributed by atoms with Crippen molar-refractivity contribution in [2.75, 3.05) is 0 Å². The Kier molecular flexibility index (Phi) is 4.75. The molecule has 2 heterocycles. The van der Waals surface area contributed by atoms with Gasteiger partial charge in [-0.3, -0.25) is 4.79 Å². The van der Waals surface area contributed by atoms with Crippen molar-refractivity contribution in [1.29, 1.82) is 0 Å². The third-order valence-corrected chi connectivity index (χ3v) is 3.31. The Labute approximate surface area is 127 Å². The summed E-state index contributed by atoms with van der Waals surface area (Å²) in [6.07, 6.45) is 2.38. The minimum absolute atomic E-state index is 0.159. The number of pyridine rings is 1. The first kappa shape index (κ1) is 15.9. The van der Waals surface area contributed by atoms with Gasteiger partial charge in [0.2, 0.25) is 0 Å². The Bertz CT molecular complexity index is 693. The second-order valence-corrected chi connectivity index (χ2v) is 5.55. The molecule has 2 N–H and O–H groups in total. The predicted molar refractivity (Wildman–Crippen MR) is 79.5 cm³/mol. The van der Waals surface area contributed by atoms with Gasteiger partial charge in [0.1, 0.15) is 6.04 Å². The lowest BCUT2D eigenvalue weighted by Gasteiger charge is -2.16. The molecular weight excluding hydrogens is 286 g/mol. The van der Waals surface area contributed by atoms with Gasteiger partial charge in [0.25, 0.3) is 11.6 Å². The number of nitrogens with one attached hydrogen (secondary N) is 1. The number of nitrogens with zero attached hydrogens (tertiary/aromatic N) is 2. The highest BCUT2D eigenvalue weighted by Gasteiger charge is 2.22. The lowest BCUT2D eigenvalue weighted by Crippen LogP contribution is -2.41. The highest BCUT2D eigenvalue weighted by Crippen LogP contribution is 2.18. The first-order valence-electron chi connectivity index (χ1n) is 7.20. The fourth-order valence-corrected chi connectivity index (χ4v) is 2.19. The summed E-state index contributed by atoms with van der Waals surface area (Å²) in [7, 11) is 0. The third kappa shape index (κ3) is 3.41. The highest BCUT2D eigenvalue weighted by atomic mass is 16.5. The molecule has 0 fully saturated rings. The summed E-state index contributed by atoms with van der Waals surface area (Å²) in [5.41, 5.74) is 1.37. The van der Waals surface area contributed by atoms with E-state index >= 15 is 0 Å². The molecule has 118 valence electrons. The van der Waals surface area contributed by atoms with Crippen LogP contribution < -0.4 is 5.32 Å². The second kappa shape index (κ2) is 6.55. The lowest BCUT2D eigenvalue weighted by molar-refractivity contribution is -0.139. The smallest absolute Gasteiger partial charge is 0.326 e. The molecule has 1 atom stereocenters. The van der Waals surface area contributed by atoms with Crippen molar-refractivity contribution in [3.63, 3.8) is 0 Å². The number of aromatic nitrogens is 2. The van der Waals surface area contributed by atoms with E-state index in [-0.39, 0.29) is 5.92 Å². The molecule has 22 heavy (non-hydrogen) atoms. The zero-order valence-corrected chi connectivity index (χ0v) is 12.8. The van der Waals surface area contributed by atoms with Crippen LogP contribution in [0.5, 0.6) is 0 Å². The van der Waals surface area contributed by atoms with Crippen LogP contribution in [0.15, 0.2) is 16.8 Å². The summed E-state index contributed by atoms with van der Waals surface area (Å²) >= 11 is 0. The van der Waals surface area contributed by atoms with Crippen LogP contribution in [0.4, 0.5) is 0 Å². The molecule has 0 saturated heterocycles. The Balaban J connectivity index is 2.22. The standard InChI is InChI=1S/C15H19N3O4/c1-4-11-10-6-9(7-16-14(10)22-18-11)13(19)17-12(15(20)21)5-8(2)3/h6-8,12H,4-5H2,1-3H3,(H,17,19)(H,20,21)/t12-/m1/s1. The molecule has 7 heteroatoms. The maximum Gasteiger partial charge on any atom is 0.326 e. The van der Waals surface area contributed by atoms with Gasteiger partial charge in [-0.25, -0.2) is 9.78 Å². The number of aliphatic carboxylic acids is 1. The summed E-state index contributed by atoms with van der Waals surface area (Å²) in [6.45, 7) is 5.73. The van der Waals surface area contributed by atoms with Crippen LogP contribution in [0.2, 0.25) is 0 Å². The van der Waals surface area contributed by atoms with Crippen molar-refractivity contribution in [2.45, 2.75) is 39.7 Å². The molecule has 0 aliphatic heterocycles. The SMILES string of the molecule is CCc1noc2ncc(C(=O)N[C@H](CC(C)C)C(=O)O)cc12. The second-order valence-electron chi connectivity index (χ2n) is 5.55. The number of carboxylic acids is 1. The summed E-state index contributed by atoms with van der Waals surface area (Å²) in [5, 5.41) is 16.3. The number of carbonyl (C=O) groups is 2. The van der Waals surface area contributed by atoms with Crippen molar-refractivity contribution in [3.05, 3.63) is 23.5 Å². The van der Waals surface area contributed by atoms with Crippen molar-refractivity contribution in [1.82, 2.24) is 15.5 Å². The van der Waals surface area contributed by atoms with Crippen LogP contribution in [-0.4, -0.2) is 33.2 Å². The highest BCUT2D eigenvalue weighted by molar-refractivity contribution is 5.98. The Morgan fingerprint density at radius 3 is 2.73 bits per heavy atom. The van der Waals surface area contributed by atoms with Gasteiger partial charge in [0.05, 0.1) is 16.6 Å². The first-order chi connectivity index (χ1) is 10.4. The van der Waals surface area contributed by atoms with E-state index in [0.717, 1.165) is 0 Å². The van der Waals surface area contributed by atoms with E-state index < -0.39 is 17.9 Å². The number of fused-ring (bicyclic) bond motifs is 1. The third-order valence-electron chi connectivity index (χ3n) is 3.31. The molecule has 2 aromatic rings. The quantitative estimate of drug-likeness (QED) is 0.845. The molecule has 0 aliphatic carbocycles. The number of hydrogen-bond donors (Lipinski definition) is 2. The van der Waals surface area contributed by atoms with E-state index in [2.05, 4.69) is 15.5 Å². The molecule has 0 spiro atoms. The van der Waals surface area contributed by atoms with Crippen LogP contribution in [-0.2, 0) is 11.2 Å². The van der Waals surface area contributed by atoms with Crippen LogP contribution in [0.25, 0.3) is 11.1 Å². The number of carboxylic acid groups (broad SMARTS) is 1. The van der Waals surface area contributed by atoms with Gasteiger partial charge in [-0.2, -0.15) is 0 Å². The Morgan fingerprint density at radius 2 is 2.14 bits per heavy atom. The van der Waals surface area contributed by atoms with Crippen LogP contribution in [0, 0.1) is 5.92 Å². The van der Waals surface area contributed by atoms with E-state index in [1.54, 1.807) is 6.07 Å². The van der Waals surface area contributed by atoms with Gasteiger partial charge >= 0.3 is 5.97 Å². The molecule has 0 aromatic carbocycles. The number of hydrogen-bond acceptors (Lipinski definition) is 5. The Morgan fingerprint density at radius 1 is 1.41 bits per heavy atom. The summed E-state index contributed by atoms with van der Waals surface area (Å²) < 4.78 is 5.06. The number of carbonyl (C=O) groups excluding carboxylic acids is 1. The summed E-state index contributed by atoms with van der Waals surface area (Å²) in [4.78, 5) is 27.5. The van der Waals surface area contributed by atoms with Gasteiger partial charge in [-0.05, 0) is 24.8 Å². The van der Waals surface area contributed by atoms with E-state index in [1.165, 1.54) is 6.20 Å². The van der Waals surface area contributed by atoms with Crippen molar-refractivity contribution in [3.8, 4) is 0 Å². The topological polar surface area (TPSA) is 105 Å². The van der Waals surface area contributed by atoms with E-state index in [4.69, 9.17) is 4.52 Å². The largest absolute Gasteiger partial charge is 0.480 e. The van der Waals surface area contributed by atoms with Crippen molar-refractivity contribution in [2.24, 2.45) is 5.92 Å². The van der Waals surface area contributed by atoms with Crippen molar-refractivity contribution < 1.29 is 19.2 Å². The zero-order chi connectivity index (χ0) is 16.3. The van der Waals surface area contributed by atoms with Gasteiger partial charge in [-0.15, -0.1) is 0 Å². The Hall–Kier alpha value is -2.44. The normalized spacial score (nSPS) is 12.5. The van der Waals surface area contributed by atoms with Crippen molar-refractivity contribution >= 4 is 23.0 Å². The average molecular weight is 305 g/mol. The van der Waals surface area contributed by atoms with E-state index in [9.17, 15) is 14.7 Å². The maximum absolute atomic E-state index is 12.2. The fraction of sp³-hybridized carbons (Fsp3) is 0.467. The van der Waals surface area contributed by atoms with E-state index in [1.807, 2.05) is 20.8 Å². The summed E-state index contributed by atoms with van der Waals surface area (Å²) in [5.74, 6) is -1.35. The van der Waals surface area contributed by atoms with Gasteiger partial charge < -0.3 is 14.9 Å². The average Bonchev–Trinajstić information content (AvgIpc) is 2.87. The van der Waals surface area contributed by atoms with Gasteiger partial charge in [0.15, 0.2) is 0 Å².